The summed E-state index contributed by atoms with van der Waals surface area (Å²) in [5.41, 5.74) is 11.7. The molecule has 0 aliphatic heterocycles. The number of hydrogen-bond donors (Lipinski definition) is 0. The van der Waals surface area contributed by atoms with E-state index in [-0.39, 0.29) is 0 Å². The summed E-state index contributed by atoms with van der Waals surface area (Å²) in [4.78, 5) is 2.38. The van der Waals surface area contributed by atoms with Crippen molar-refractivity contribution in [2.75, 3.05) is 4.90 Å². The maximum atomic E-state index is 2.44. The second-order valence-electron chi connectivity index (χ2n) is 14.6. The first kappa shape index (κ1) is 32.0. The summed E-state index contributed by atoms with van der Waals surface area (Å²) in [5.74, 6) is 0. The van der Waals surface area contributed by atoms with E-state index in [9.17, 15) is 0 Å². The first-order valence-electron chi connectivity index (χ1n) is 19.3. The molecule has 0 unspecified atom stereocenters. The van der Waals surface area contributed by atoms with E-state index < -0.39 is 0 Å². The van der Waals surface area contributed by atoms with Gasteiger partial charge in [0.1, 0.15) is 0 Å². The van der Waals surface area contributed by atoms with Gasteiger partial charge in [0, 0.05) is 38.9 Å². The van der Waals surface area contributed by atoms with Crippen LogP contribution in [0.25, 0.3) is 82.1 Å². The van der Waals surface area contributed by atoms with Crippen molar-refractivity contribution < 1.29 is 0 Å². The Morgan fingerprint density at radius 1 is 0.286 bits per heavy atom. The Morgan fingerprint density at radius 2 is 0.821 bits per heavy atom. The van der Waals surface area contributed by atoms with E-state index in [1.807, 2.05) is 0 Å². The Morgan fingerprint density at radius 3 is 1.64 bits per heavy atom. The zero-order valence-corrected chi connectivity index (χ0v) is 30.7. The molecule has 0 radical (unpaired) electrons. The summed E-state index contributed by atoms with van der Waals surface area (Å²) in [7, 11) is 0. The van der Waals surface area contributed by atoms with Gasteiger partial charge >= 0.3 is 0 Å². The van der Waals surface area contributed by atoms with E-state index in [0.717, 1.165) is 22.7 Å². The third-order valence-corrected chi connectivity index (χ3v) is 11.3. The van der Waals surface area contributed by atoms with Gasteiger partial charge in [-0.15, -0.1) is 0 Å². The molecule has 11 aromatic rings. The topological polar surface area (TPSA) is 8.17 Å². The highest BCUT2D eigenvalue weighted by atomic mass is 15.1. The van der Waals surface area contributed by atoms with Crippen molar-refractivity contribution in [2.45, 2.75) is 0 Å². The lowest BCUT2D eigenvalue weighted by atomic mass is 10.00. The van der Waals surface area contributed by atoms with E-state index in [4.69, 9.17) is 0 Å². The van der Waals surface area contributed by atoms with Crippen LogP contribution in [-0.2, 0) is 0 Å². The van der Waals surface area contributed by atoms with Crippen molar-refractivity contribution in [3.63, 3.8) is 0 Å². The van der Waals surface area contributed by atoms with Gasteiger partial charge in [0.05, 0.1) is 11.0 Å². The molecule has 0 aliphatic rings. The monoisotopic (exact) mass is 712 g/mol. The second kappa shape index (κ2) is 13.2. The molecule has 10 aromatic carbocycles. The predicted molar refractivity (Wildman–Crippen MR) is 239 cm³/mol. The maximum absolute atomic E-state index is 2.44. The first-order valence-corrected chi connectivity index (χ1v) is 19.3. The van der Waals surface area contributed by atoms with Gasteiger partial charge in [0.25, 0.3) is 0 Å². The predicted octanol–water partition coefficient (Wildman–Crippen LogP) is 15.0. The number of para-hydroxylation sites is 1. The van der Waals surface area contributed by atoms with Crippen LogP contribution in [0.1, 0.15) is 0 Å². The van der Waals surface area contributed by atoms with E-state index >= 15 is 0 Å². The lowest BCUT2D eigenvalue weighted by Crippen LogP contribution is -2.10. The Labute approximate surface area is 325 Å². The molecule has 56 heavy (non-hydrogen) atoms. The Hall–Kier alpha value is -7.42. The van der Waals surface area contributed by atoms with Crippen LogP contribution in [0.2, 0.25) is 0 Å². The lowest BCUT2D eigenvalue weighted by molar-refractivity contribution is 1.19. The summed E-state index contributed by atoms with van der Waals surface area (Å²) >= 11 is 0. The van der Waals surface area contributed by atoms with Gasteiger partial charge in [0.15, 0.2) is 0 Å². The Kier molecular flexibility index (Phi) is 7.53. The van der Waals surface area contributed by atoms with Gasteiger partial charge in [-0.25, -0.2) is 0 Å². The van der Waals surface area contributed by atoms with Crippen molar-refractivity contribution in [3.8, 4) is 27.9 Å². The van der Waals surface area contributed by atoms with Crippen LogP contribution in [0.5, 0.6) is 0 Å². The summed E-state index contributed by atoms with van der Waals surface area (Å²) in [5, 5.41) is 10.0. The smallest absolute Gasteiger partial charge is 0.0619 e. The normalized spacial score (nSPS) is 11.6. The molecule has 1 aromatic heterocycles. The molecular weight excluding hydrogens is 677 g/mol. The molecule has 1 heterocycles. The molecule has 0 amide bonds. The highest BCUT2D eigenvalue weighted by Crippen LogP contribution is 2.41. The number of nitrogens with zero attached hydrogens (tertiary/aromatic N) is 2. The third kappa shape index (κ3) is 5.34. The molecule has 0 saturated heterocycles. The van der Waals surface area contributed by atoms with Crippen molar-refractivity contribution in [3.05, 3.63) is 218 Å². The molecule has 0 atom stereocenters. The largest absolute Gasteiger partial charge is 0.310 e. The minimum Gasteiger partial charge on any atom is -0.310 e. The average Bonchev–Trinajstić information content (AvgIpc) is 3.61. The van der Waals surface area contributed by atoms with Crippen LogP contribution in [0.3, 0.4) is 0 Å². The minimum atomic E-state index is 1.10. The molecule has 0 saturated carbocycles. The maximum Gasteiger partial charge on any atom is 0.0619 e. The van der Waals surface area contributed by atoms with E-state index in [1.54, 1.807) is 0 Å². The highest BCUT2D eigenvalue weighted by Gasteiger charge is 2.18. The summed E-state index contributed by atoms with van der Waals surface area (Å²) < 4.78 is 2.44. The molecule has 0 bridgehead atoms. The summed E-state index contributed by atoms with van der Waals surface area (Å²) in [6, 6.07) is 79.5. The van der Waals surface area contributed by atoms with Gasteiger partial charge < -0.3 is 9.47 Å². The van der Waals surface area contributed by atoms with Gasteiger partial charge in [-0.05, 0) is 104 Å². The fraction of sp³-hybridized carbons (Fsp3) is 0. The van der Waals surface area contributed by atoms with Crippen molar-refractivity contribution in [1.82, 2.24) is 4.57 Å². The van der Waals surface area contributed by atoms with Crippen LogP contribution in [0, 0.1) is 0 Å². The van der Waals surface area contributed by atoms with E-state index in [2.05, 4.69) is 228 Å². The zero-order chi connectivity index (χ0) is 37.0. The molecule has 11 rings (SSSR count). The summed E-state index contributed by atoms with van der Waals surface area (Å²) in [6.07, 6.45) is 0. The Balaban J connectivity index is 1.05. The van der Waals surface area contributed by atoms with Crippen LogP contribution in [0.4, 0.5) is 17.1 Å². The van der Waals surface area contributed by atoms with Crippen molar-refractivity contribution in [2.24, 2.45) is 0 Å². The lowest BCUT2D eigenvalue weighted by Gasteiger charge is -2.27. The molecule has 0 spiro atoms. The van der Waals surface area contributed by atoms with Gasteiger partial charge in [-0.3, -0.25) is 0 Å². The van der Waals surface area contributed by atoms with Gasteiger partial charge in [-0.2, -0.15) is 0 Å². The van der Waals surface area contributed by atoms with Gasteiger partial charge in [-0.1, -0.05) is 164 Å². The van der Waals surface area contributed by atoms with Crippen LogP contribution >= 0.6 is 0 Å². The molecule has 0 aliphatic carbocycles. The molecule has 262 valence electrons. The quantitative estimate of drug-likeness (QED) is 0.156. The highest BCUT2D eigenvalue weighted by molar-refractivity contribution is 6.19. The number of anilines is 3. The Bertz CT molecular complexity index is 3230. The fourth-order valence-electron chi connectivity index (χ4n) is 8.65. The number of hydrogen-bond acceptors (Lipinski definition) is 1. The van der Waals surface area contributed by atoms with Crippen molar-refractivity contribution in [1.29, 1.82) is 0 Å². The fourth-order valence-corrected chi connectivity index (χ4v) is 8.65. The minimum absolute atomic E-state index is 1.10. The van der Waals surface area contributed by atoms with Crippen LogP contribution < -0.4 is 4.90 Å². The molecular formula is C54H36N2. The molecule has 0 N–H and O–H groups in total. The number of rotatable bonds is 6. The van der Waals surface area contributed by atoms with Gasteiger partial charge in [0.2, 0.25) is 0 Å². The number of aromatic nitrogens is 1. The molecule has 2 nitrogen and oxygen atoms in total. The first-order chi connectivity index (χ1) is 27.8. The molecule has 0 fully saturated rings. The van der Waals surface area contributed by atoms with E-state index in [1.165, 1.54) is 76.4 Å². The standard InChI is InChI=1S/C54H36N2/c1-3-12-37(13-4-1)41-16-11-19-46(34-41)55(47-30-33-49-43(35-47)23-22-39-14-7-9-20-48(39)49)45-28-24-38(25-29-45)42-27-31-51-52-32-26-40-15-8-10-21-50(40)54(52)56(53(51)36-42)44-17-5-2-6-18-44/h1-36H. The SMILES string of the molecule is c1ccc(-c2cccc(N(c3ccc(-c4ccc5c6ccc7ccccc7c6n(-c6ccccc6)c5c4)cc3)c3ccc4c(ccc5ccccc54)c3)c2)cc1. The number of fused-ring (bicyclic) bond motifs is 8. The number of benzene rings is 10. The summed E-state index contributed by atoms with van der Waals surface area (Å²) in [6.45, 7) is 0. The molecule has 2 heteroatoms. The van der Waals surface area contributed by atoms with Crippen LogP contribution in [-0.4, -0.2) is 4.57 Å². The average molecular weight is 713 g/mol. The zero-order valence-electron chi connectivity index (χ0n) is 30.7. The third-order valence-electron chi connectivity index (χ3n) is 11.3. The van der Waals surface area contributed by atoms with Crippen LogP contribution in [0.15, 0.2) is 218 Å². The van der Waals surface area contributed by atoms with E-state index in [0.29, 0.717) is 0 Å². The second-order valence-corrected chi connectivity index (χ2v) is 14.6. The van der Waals surface area contributed by atoms with Crippen molar-refractivity contribution >= 4 is 71.2 Å².